The second-order valence-corrected chi connectivity index (χ2v) is 9.02. The van der Waals surface area contributed by atoms with Crippen molar-refractivity contribution in [3.8, 4) is 10.6 Å². The summed E-state index contributed by atoms with van der Waals surface area (Å²) in [7, 11) is 0. The van der Waals surface area contributed by atoms with Crippen molar-refractivity contribution in [3.63, 3.8) is 0 Å². The molecule has 4 rings (SSSR count). The van der Waals surface area contributed by atoms with E-state index < -0.39 is 17.5 Å². The molecule has 7 heteroatoms. The lowest BCUT2D eigenvalue weighted by atomic mass is 9.74. The quantitative estimate of drug-likeness (QED) is 0.533. The number of aromatic nitrogens is 2. The summed E-state index contributed by atoms with van der Waals surface area (Å²) in [5.74, 6) is -0.196. The van der Waals surface area contributed by atoms with E-state index in [0.717, 1.165) is 29.7 Å². The number of benzene rings is 1. The minimum Gasteiger partial charge on any atom is -0.319 e. The molecule has 30 heavy (non-hydrogen) atoms. The molecule has 156 valence electrons. The van der Waals surface area contributed by atoms with Gasteiger partial charge in [0.15, 0.2) is 0 Å². The van der Waals surface area contributed by atoms with Gasteiger partial charge in [0.1, 0.15) is 22.3 Å². The second-order valence-electron chi connectivity index (χ2n) is 8.17. The van der Waals surface area contributed by atoms with Gasteiger partial charge >= 0.3 is 0 Å². The molecule has 0 bridgehead atoms. The molecule has 3 aromatic rings. The van der Waals surface area contributed by atoms with Gasteiger partial charge in [-0.1, -0.05) is 19.9 Å². The normalized spacial score (nSPS) is 21.4. The number of rotatable bonds is 4. The van der Waals surface area contributed by atoms with Gasteiger partial charge in [-0.15, -0.1) is 11.3 Å². The van der Waals surface area contributed by atoms with Gasteiger partial charge in [0.25, 0.3) is 5.91 Å². The number of nitrogens with zero attached hydrogens (tertiary/aromatic N) is 2. The summed E-state index contributed by atoms with van der Waals surface area (Å²) in [4.78, 5) is 21.1. The van der Waals surface area contributed by atoms with E-state index in [0.29, 0.717) is 23.4 Å². The lowest BCUT2D eigenvalue weighted by molar-refractivity contribution is 0.102. The highest BCUT2D eigenvalue weighted by Crippen LogP contribution is 2.41. The fourth-order valence-corrected chi connectivity index (χ4v) is 5.29. The van der Waals surface area contributed by atoms with Crippen LogP contribution < -0.4 is 5.32 Å². The zero-order chi connectivity index (χ0) is 21.3. The number of hydrogen-bond acceptors (Lipinski definition) is 4. The van der Waals surface area contributed by atoms with Crippen LogP contribution in [0.5, 0.6) is 0 Å². The summed E-state index contributed by atoms with van der Waals surface area (Å²) >= 11 is 1.04. The average Bonchev–Trinajstić information content (AvgIpc) is 3.17. The van der Waals surface area contributed by atoms with Crippen molar-refractivity contribution in [3.05, 3.63) is 64.9 Å². The Bertz CT molecular complexity index is 1040. The van der Waals surface area contributed by atoms with Crippen LogP contribution in [0.25, 0.3) is 10.6 Å². The molecule has 1 aromatic carbocycles. The summed E-state index contributed by atoms with van der Waals surface area (Å²) in [5.41, 5.74) is 1.65. The number of carbonyl (C=O) groups excluding carboxylic acids is 1. The van der Waals surface area contributed by atoms with E-state index in [1.807, 2.05) is 6.07 Å². The van der Waals surface area contributed by atoms with Crippen LogP contribution in [-0.4, -0.2) is 15.9 Å². The Hall–Kier alpha value is -2.67. The van der Waals surface area contributed by atoms with E-state index in [4.69, 9.17) is 0 Å². The third-order valence-corrected chi connectivity index (χ3v) is 6.49. The molecule has 0 radical (unpaired) electrons. The van der Waals surface area contributed by atoms with Crippen LogP contribution in [0.4, 0.5) is 14.5 Å². The van der Waals surface area contributed by atoms with Gasteiger partial charge in [0.05, 0.1) is 17.4 Å². The van der Waals surface area contributed by atoms with Crippen molar-refractivity contribution in [2.75, 3.05) is 5.32 Å². The van der Waals surface area contributed by atoms with Gasteiger partial charge < -0.3 is 5.32 Å². The standard InChI is InChI=1S/C23H23F2N3OS/c1-13-8-14(2)10-15(9-13)16-6-7-26-11-19(16)27-22(29)20-12-30-23(28-20)21-17(24)4-3-5-18(21)25/h3-7,11-15H,8-10H2,1-2H3,(H,27,29)/t13-,14+,15?. The number of hydrogen-bond donors (Lipinski definition) is 1. The summed E-state index contributed by atoms with van der Waals surface area (Å²) in [6.07, 6.45) is 6.77. The summed E-state index contributed by atoms with van der Waals surface area (Å²) in [6.45, 7) is 4.53. The molecule has 4 nitrogen and oxygen atoms in total. The maximum Gasteiger partial charge on any atom is 0.275 e. The first-order valence-corrected chi connectivity index (χ1v) is 11.0. The number of carbonyl (C=O) groups is 1. The van der Waals surface area contributed by atoms with Crippen molar-refractivity contribution in [2.24, 2.45) is 11.8 Å². The first-order valence-electron chi connectivity index (χ1n) is 10.1. The maximum absolute atomic E-state index is 14.0. The predicted molar refractivity (Wildman–Crippen MR) is 115 cm³/mol. The van der Waals surface area contributed by atoms with Gasteiger partial charge in [0, 0.05) is 11.6 Å². The van der Waals surface area contributed by atoms with Crippen LogP contribution in [0.3, 0.4) is 0 Å². The van der Waals surface area contributed by atoms with Crippen LogP contribution in [0.15, 0.2) is 42.0 Å². The Morgan fingerprint density at radius 3 is 2.50 bits per heavy atom. The highest BCUT2D eigenvalue weighted by atomic mass is 32.1. The largest absolute Gasteiger partial charge is 0.319 e. The SMILES string of the molecule is C[C@@H]1CC(c2ccncc2NC(=O)c2csc(-c3c(F)cccc3F)n2)C[C@H](C)C1. The Morgan fingerprint density at radius 2 is 1.80 bits per heavy atom. The monoisotopic (exact) mass is 427 g/mol. The molecular weight excluding hydrogens is 404 g/mol. The fourth-order valence-electron chi connectivity index (χ4n) is 4.45. The predicted octanol–water partition coefficient (Wildman–Crippen LogP) is 6.28. The number of thiazole rings is 1. The molecule has 1 amide bonds. The summed E-state index contributed by atoms with van der Waals surface area (Å²) in [6, 6.07) is 5.61. The van der Waals surface area contributed by atoms with Gasteiger partial charge in [-0.05, 0) is 60.8 Å². The highest BCUT2D eigenvalue weighted by molar-refractivity contribution is 7.13. The summed E-state index contributed by atoms with van der Waals surface area (Å²) in [5, 5.41) is 4.55. The van der Waals surface area contributed by atoms with E-state index in [9.17, 15) is 13.6 Å². The zero-order valence-electron chi connectivity index (χ0n) is 16.9. The molecule has 3 atom stereocenters. The van der Waals surface area contributed by atoms with Crippen LogP contribution in [0.2, 0.25) is 0 Å². The minimum absolute atomic E-state index is 0.123. The molecule has 0 saturated heterocycles. The third kappa shape index (κ3) is 4.26. The Labute approximate surface area is 178 Å². The van der Waals surface area contributed by atoms with Crippen molar-refractivity contribution < 1.29 is 13.6 Å². The number of nitrogens with one attached hydrogen (secondary N) is 1. The van der Waals surface area contributed by atoms with Gasteiger partial charge in [0.2, 0.25) is 0 Å². The fraction of sp³-hybridized carbons (Fsp3) is 0.348. The molecule has 2 heterocycles. The number of anilines is 1. The minimum atomic E-state index is -0.702. The highest BCUT2D eigenvalue weighted by Gasteiger charge is 2.27. The molecule has 1 unspecified atom stereocenters. The lowest BCUT2D eigenvalue weighted by Gasteiger charge is -2.32. The maximum atomic E-state index is 14.0. The molecule has 1 N–H and O–H groups in total. The van der Waals surface area contributed by atoms with Crippen LogP contribution >= 0.6 is 11.3 Å². The Morgan fingerprint density at radius 1 is 1.10 bits per heavy atom. The van der Waals surface area contributed by atoms with Crippen molar-refractivity contribution in [1.29, 1.82) is 0 Å². The molecule has 2 aromatic heterocycles. The first-order chi connectivity index (χ1) is 14.4. The molecular formula is C23H23F2N3OS. The topological polar surface area (TPSA) is 54.9 Å². The van der Waals surface area contributed by atoms with Gasteiger partial charge in [-0.2, -0.15) is 0 Å². The Kier molecular flexibility index (Phi) is 5.90. The molecule has 0 aliphatic heterocycles. The summed E-state index contributed by atoms with van der Waals surface area (Å²) < 4.78 is 28.1. The van der Waals surface area contributed by atoms with Gasteiger partial charge in [-0.3, -0.25) is 9.78 Å². The molecule has 1 aliphatic rings. The van der Waals surface area contributed by atoms with Crippen molar-refractivity contribution in [2.45, 2.75) is 39.0 Å². The lowest BCUT2D eigenvalue weighted by Crippen LogP contribution is -2.20. The average molecular weight is 428 g/mol. The smallest absolute Gasteiger partial charge is 0.275 e. The molecule has 1 aliphatic carbocycles. The van der Waals surface area contributed by atoms with E-state index >= 15 is 0 Å². The second kappa shape index (κ2) is 8.60. The third-order valence-electron chi connectivity index (χ3n) is 5.63. The number of pyridine rings is 1. The van der Waals surface area contributed by atoms with E-state index in [1.165, 1.54) is 30.0 Å². The van der Waals surface area contributed by atoms with Crippen LogP contribution in [-0.2, 0) is 0 Å². The van der Waals surface area contributed by atoms with Crippen LogP contribution in [0, 0.1) is 23.5 Å². The zero-order valence-corrected chi connectivity index (χ0v) is 17.7. The van der Waals surface area contributed by atoms with Crippen LogP contribution in [0.1, 0.15) is 55.1 Å². The van der Waals surface area contributed by atoms with E-state index in [-0.39, 0.29) is 16.3 Å². The van der Waals surface area contributed by atoms with E-state index in [2.05, 4.69) is 29.1 Å². The number of halogens is 2. The molecule has 0 spiro atoms. The molecule has 1 fully saturated rings. The molecule has 1 saturated carbocycles. The Balaban J connectivity index is 1.57. The van der Waals surface area contributed by atoms with Gasteiger partial charge in [-0.25, -0.2) is 13.8 Å². The van der Waals surface area contributed by atoms with E-state index in [1.54, 1.807) is 12.4 Å². The number of amides is 1. The first kappa shape index (κ1) is 20.6. The van der Waals surface area contributed by atoms with Crippen molar-refractivity contribution >= 4 is 22.9 Å². The van der Waals surface area contributed by atoms with Crippen molar-refractivity contribution in [1.82, 2.24) is 9.97 Å².